The van der Waals surface area contributed by atoms with Crippen molar-refractivity contribution in [1.82, 2.24) is 5.32 Å². The van der Waals surface area contributed by atoms with Gasteiger partial charge in [0.05, 0.1) is 5.69 Å². The Labute approximate surface area is 207 Å². The normalized spacial score (nSPS) is 14.8. The first kappa shape index (κ1) is 24.0. The van der Waals surface area contributed by atoms with E-state index in [0.717, 1.165) is 21.8 Å². The Balaban J connectivity index is 1.54. The first-order valence-electron chi connectivity index (χ1n) is 10.9. The zero-order valence-corrected chi connectivity index (χ0v) is 20.0. The second-order valence-electron chi connectivity index (χ2n) is 7.99. The molecule has 0 spiro atoms. The summed E-state index contributed by atoms with van der Waals surface area (Å²) in [6.45, 7) is 4.40. The lowest BCUT2D eigenvalue weighted by Gasteiger charge is -2.26. The summed E-state index contributed by atoms with van der Waals surface area (Å²) in [5.74, 6) is -0.398. The first-order chi connectivity index (χ1) is 16.8. The Bertz CT molecular complexity index is 1300. The van der Waals surface area contributed by atoms with Crippen LogP contribution in [0.4, 0.5) is 10.5 Å². The SMILES string of the molecule is Cc1ccc(OCCOc2ccc(Cl)cc2C=C2C(=O)NC(=O)N(c3ccc(C)cc3)C2=O)cc1. The maximum absolute atomic E-state index is 13.2. The number of nitrogens with zero attached hydrogens (tertiary/aromatic N) is 1. The number of anilines is 1. The summed E-state index contributed by atoms with van der Waals surface area (Å²) in [5, 5.41) is 2.62. The number of urea groups is 1. The molecule has 1 aliphatic heterocycles. The second kappa shape index (κ2) is 10.4. The predicted molar refractivity (Wildman–Crippen MR) is 134 cm³/mol. The Kier molecular flexibility index (Phi) is 7.17. The van der Waals surface area contributed by atoms with E-state index >= 15 is 0 Å². The molecular weight excluding hydrogens is 468 g/mol. The molecule has 8 heteroatoms. The summed E-state index contributed by atoms with van der Waals surface area (Å²) in [7, 11) is 0. The molecule has 0 bridgehead atoms. The molecular formula is C27H23ClN2O5. The van der Waals surface area contributed by atoms with Gasteiger partial charge in [-0.1, -0.05) is 47.0 Å². The third kappa shape index (κ3) is 5.70. The van der Waals surface area contributed by atoms with Crippen molar-refractivity contribution in [3.05, 3.63) is 94.0 Å². The molecule has 0 atom stereocenters. The highest BCUT2D eigenvalue weighted by Crippen LogP contribution is 2.28. The largest absolute Gasteiger partial charge is 0.490 e. The molecule has 3 aromatic carbocycles. The fourth-order valence-electron chi connectivity index (χ4n) is 3.45. The van der Waals surface area contributed by atoms with E-state index in [9.17, 15) is 14.4 Å². The summed E-state index contributed by atoms with van der Waals surface area (Å²) in [6.07, 6.45) is 1.37. The third-order valence-corrected chi connectivity index (χ3v) is 5.53. The van der Waals surface area contributed by atoms with Gasteiger partial charge in [0.1, 0.15) is 30.3 Å². The number of carbonyl (C=O) groups is 3. The number of hydrogen-bond acceptors (Lipinski definition) is 5. The lowest BCUT2D eigenvalue weighted by Crippen LogP contribution is -2.54. The fourth-order valence-corrected chi connectivity index (χ4v) is 3.63. The summed E-state index contributed by atoms with van der Waals surface area (Å²) in [4.78, 5) is 39.0. The first-order valence-corrected chi connectivity index (χ1v) is 11.3. The van der Waals surface area contributed by atoms with Gasteiger partial charge in [-0.05, 0) is 62.4 Å². The molecule has 1 fully saturated rings. The number of hydrogen-bond donors (Lipinski definition) is 1. The van der Waals surface area contributed by atoms with Crippen molar-refractivity contribution in [2.45, 2.75) is 13.8 Å². The minimum Gasteiger partial charge on any atom is -0.490 e. The van der Waals surface area contributed by atoms with Crippen LogP contribution in [0.2, 0.25) is 5.02 Å². The van der Waals surface area contributed by atoms with Crippen molar-refractivity contribution in [2.24, 2.45) is 0 Å². The van der Waals surface area contributed by atoms with E-state index in [1.165, 1.54) is 6.08 Å². The molecule has 0 radical (unpaired) electrons. The van der Waals surface area contributed by atoms with Gasteiger partial charge >= 0.3 is 6.03 Å². The van der Waals surface area contributed by atoms with Crippen molar-refractivity contribution in [3.8, 4) is 11.5 Å². The van der Waals surface area contributed by atoms with Crippen LogP contribution in [0.15, 0.2) is 72.3 Å². The Morgan fingerprint density at radius 2 is 1.49 bits per heavy atom. The monoisotopic (exact) mass is 490 g/mol. The smallest absolute Gasteiger partial charge is 0.335 e. The summed E-state index contributed by atoms with van der Waals surface area (Å²) >= 11 is 6.16. The molecule has 35 heavy (non-hydrogen) atoms. The Morgan fingerprint density at radius 3 is 2.17 bits per heavy atom. The summed E-state index contributed by atoms with van der Waals surface area (Å²) < 4.78 is 11.5. The van der Waals surface area contributed by atoms with Crippen LogP contribution in [0, 0.1) is 13.8 Å². The average Bonchev–Trinajstić information content (AvgIpc) is 2.83. The highest BCUT2D eigenvalue weighted by molar-refractivity contribution is 6.39. The predicted octanol–water partition coefficient (Wildman–Crippen LogP) is 5.08. The summed E-state index contributed by atoms with van der Waals surface area (Å²) in [6, 6.07) is 18.6. The molecule has 1 N–H and O–H groups in total. The van der Waals surface area contributed by atoms with Crippen LogP contribution >= 0.6 is 11.6 Å². The highest BCUT2D eigenvalue weighted by atomic mass is 35.5. The van der Waals surface area contributed by atoms with Crippen LogP contribution in [0.1, 0.15) is 16.7 Å². The van der Waals surface area contributed by atoms with E-state index in [0.29, 0.717) is 22.0 Å². The van der Waals surface area contributed by atoms with Gasteiger partial charge < -0.3 is 9.47 Å². The number of amides is 4. The molecule has 7 nitrogen and oxygen atoms in total. The van der Waals surface area contributed by atoms with Gasteiger partial charge in [-0.3, -0.25) is 14.9 Å². The molecule has 0 aromatic heterocycles. The zero-order valence-electron chi connectivity index (χ0n) is 19.2. The number of benzene rings is 3. The quantitative estimate of drug-likeness (QED) is 0.283. The van der Waals surface area contributed by atoms with Gasteiger partial charge in [0.25, 0.3) is 11.8 Å². The van der Waals surface area contributed by atoms with Gasteiger partial charge in [-0.25, -0.2) is 9.69 Å². The lowest BCUT2D eigenvalue weighted by atomic mass is 10.1. The topological polar surface area (TPSA) is 84.9 Å². The van der Waals surface area contributed by atoms with E-state index in [-0.39, 0.29) is 18.8 Å². The van der Waals surface area contributed by atoms with Crippen LogP contribution in [0.3, 0.4) is 0 Å². The Morgan fingerprint density at radius 1 is 0.857 bits per heavy atom. The molecule has 1 heterocycles. The molecule has 0 aliphatic carbocycles. The maximum atomic E-state index is 13.2. The fraction of sp³-hybridized carbons (Fsp3) is 0.148. The van der Waals surface area contributed by atoms with E-state index in [4.69, 9.17) is 21.1 Å². The number of nitrogens with one attached hydrogen (secondary N) is 1. The van der Waals surface area contributed by atoms with Gasteiger partial charge in [0.15, 0.2) is 0 Å². The standard InChI is InChI=1S/C27H23ClN2O5/c1-17-3-8-21(9-4-17)30-26(32)23(25(31)29-27(30)33)16-19-15-20(28)7-12-24(19)35-14-13-34-22-10-5-18(2)6-11-22/h3-12,15-16H,13-14H2,1-2H3,(H,29,31,33). The van der Waals surface area contributed by atoms with Gasteiger partial charge in [0, 0.05) is 10.6 Å². The number of imide groups is 2. The van der Waals surface area contributed by atoms with Crippen LogP contribution in [0.5, 0.6) is 11.5 Å². The molecule has 4 rings (SSSR count). The number of ether oxygens (including phenoxy) is 2. The van der Waals surface area contributed by atoms with Gasteiger partial charge in [-0.15, -0.1) is 0 Å². The molecule has 0 unspecified atom stereocenters. The minimum atomic E-state index is -0.808. The number of barbiturate groups is 1. The lowest BCUT2D eigenvalue weighted by molar-refractivity contribution is -0.122. The second-order valence-corrected chi connectivity index (χ2v) is 8.42. The summed E-state index contributed by atoms with van der Waals surface area (Å²) in [5.41, 5.74) is 2.67. The average molecular weight is 491 g/mol. The van der Waals surface area contributed by atoms with Crippen molar-refractivity contribution in [3.63, 3.8) is 0 Å². The number of rotatable bonds is 7. The van der Waals surface area contributed by atoms with Crippen molar-refractivity contribution < 1.29 is 23.9 Å². The number of halogens is 1. The van der Waals surface area contributed by atoms with Gasteiger partial charge in [-0.2, -0.15) is 0 Å². The third-order valence-electron chi connectivity index (χ3n) is 5.30. The van der Waals surface area contributed by atoms with E-state index < -0.39 is 17.8 Å². The van der Waals surface area contributed by atoms with Crippen LogP contribution in [0.25, 0.3) is 6.08 Å². The van der Waals surface area contributed by atoms with Crippen LogP contribution in [-0.2, 0) is 9.59 Å². The molecule has 0 saturated carbocycles. The zero-order chi connectivity index (χ0) is 24.9. The minimum absolute atomic E-state index is 0.215. The van der Waals surface area contributed by atoms with Crippen molar-refractivity contribution in [2.75, 3.05) is 18.1 Å². The highest BCUT2D eigenvalue weighted by Gasteiger charge is 2.37. The number of aryl methyl sites for hydroxylation is 2. The van der Waals surface area contributed by atoms with Crippen LogP contribution < -0.4 is 19.7 Å². The molecule has 1 aliphatic rings. The van der Waals surface area contributed by atoms with E-state index in [2.05, 4.69) is 5.32 Å². The Hall–Kier alpha value is -4.10. The van der Waals surface area contributed by atoms with E-state index in [1.807, 2.05) is 38.1 Å². The van der Waals surface area contributed by atoms with Crippen molar-refractivity contribution >= 4 is 41.2 Å². The molecule has 4 amide bonds. The molecule has 1 saturated heterocycles. The molecule has 3 aromatic rings. The van der Waals surface area contributed by atoms with Crippen molar-refractivity contribution in [1.29, 1.82) is 0 Å². The van der Waals surface area contributed by atoms with Crippen LogP contribution in [-0.4, -0.2) is 31.1 Å². The van der Waals surface area contributed by atoms with Gasteiger partial charge in [0.2, 0.25) is 0 Å². The number of carbonyl (C=O) groups excluding carboxylic acids is 3. The molecule has 178 valence electrons. The maximum Gasteiger partial charge on any atom is 0.335 e. The van der Waals surface area contributed by atoms with E-state index in [1.54, 1.807) is 42.5 Å².